The highest BCUT2D eigenvalue weighted by atomic mass is 31.2. The third kappa shape index (κ3) is 16.9. The number of carbonyl (C=O) groups excluding carboxylic acids is 3. The summed E-state index contributed by atoms with van der Waals surface area (Å²) >= 11 is 0. The number of amides is 3. The van der Waals surface area contributed by atoms with Gasteiger partial charge in [0, 0.05) is 60.3 Å². The summed E-state index contributed by atoms with van der Waals surface area (Å²) in [5.74, 6) is -1.47. The van der Waals surface area contributed by atoms with Gasteiger partial charge < -0.3 is 44.8 Å². The van der Waals surface area contributed by atoms with E-state index in [4.69, 9.17) is 24.0 Å². The fourth-order valence-electron chi connectivity index (χ4n) is 5.90. The molecule has 1 fully saturated rings. The average Bonchev–Trinajstić information content (AvgIpc) is 3.12. The van der Waals surface area contributed by atoms with Crippen molar-refractivity contribution in [3.05, 3.63) is 60.2 Å². The van der Waals surface area contributed by atoms with Gasteiger partial charge in [-0.1, -0.05) is 63.4 Å². The Balaban J connectivity index is 1.46. The number of hydrogen-bond acceptors (Lipinski definition) is 10. The normalized spacial score (nSPS) is 16.7. The molecule has 0 aliphatic carbocycles. The number of nitrogens with one attached hydrogen (secondary N) is 3. The lowest BCUT2D eigenvalue weighted by atomic mass is 9.73. The molecular formula is C34H55BN6O9P2. The summed E-state index contributed by atoms with van der Waals surface area (Å²) in [4.78, 5) is 76.7. The standard InChI is InChI=1S/C34H55BN6O9P2/c1-26(2)23-30(39-32(43)28(24-27-13-7-6-8-14-27)38-33(44)29-25-36-16-17-37-29)35-49-21-11-19-41(20-12-22-50-35)18-10-5-3-4-9-15-31(42)40-34(51-45)52(46,47)48/h6-8,13-14,16-17,25-26,28,30,34,45,51H,3-5,9-12,15,18-24H2,1-2H3,(H,38,44)(H,39,43)(H,40,42)(H2,46,47,48)/t28-,30-,34?/m1/s1. The van der Waals surface area contributed by atoms with Gasteiger partial charge in [0.05, 0.1) is 12.1 Å². The molecule has 288 valence electrons. The van der Waals surface area contributed by atoms with E-state index in [1.807, 2.05) is 30.3 Å². The molecule has 52 heavy (non-hydrogen) atoms. The van der Waals surface area contributed by atoms with Crippen molar-refractivity contribution < 1.29 is 42.9 Å². The molecule has 1 aliphatic heterocycles. The third-order valence-corrected chi connectivity index (χ3v) is 11.1. The predicted molar refractivity (Wildman–Crippen MR) is 200 cm³/mol. The minimum atomic E-state index is -4.57. The maximum atomic E-state index is 13.8. The fraction of sp³-hybridized carbons (Fsp3) is 0.618. The van der Waals surface area contributed by atoms with Crippen molar-refractivity contribution in [2.24, 2.45) is 5.92 Å². The van der Waals surface area contributed by atoms with Gasteiger partial charge in [-0.05, 0) is 50.1 Å². The zero-order chi connectivity index (χ0) is 37.8. The number of carbonyl (C=O) groups is 3. The summed E-state index contributed by atoms with van der Waals surface area (Å²) < 4.78 is 23.8. The van der Waals surface area contributed by atoms with E-state index in [0.29, 0.717) is 32.5 Å². The predicted octanol–water partition coefficient (Wildman–Crippen LogP) is 3.01. The van der Waals surface area contributed by atoms with E-state index in [1.165, 1.54) is 18.6 Å². The molecule has 3 rings (SSSR count). The lowest BCUT2D eigenvalue weighted by molar-refractivity contribution is -0.123. The van der Waals surface area contributed by atoms with Crippen molar-refractivity contribution in [2.45, 2.75) is 95.6 Å². The maximum absolute atomic E-state index is 13.8. The molecule has 6 N–H and O–H groups in total. The Labute approximate surface area is 309 Å². The average molecular weight is 765 g/mol. The van der Waals surface area contributed by atoms with Gasteiger partial charge >= 0.3 is 14.7 Å². The number of unbranched alkanes of at least 4 members (excludes halogenated alkanes) is 4. The van der Waals surface area contributed by atoms with E-state index in [0.717, 1.165) is 63.7 Å². The van der Waals surface area contributed by atoms with Crippen molar-refractivity contribution in [3.8, 4) is 0 Å². The van der Waals surface area contributed by atoms with Crippen molar-refractivity contribution in [1.82, 2.24) is 30.8 Å². The second-order valence-electron chi connectivity index (χ2n) is 13.4. The number of rotatable bonds is 20. The van der Waals surface area contributed by atoms with Crippen LogP contribution in [0, 0.1) is 5.92 Å². The molecule has 0 bridgehead atoms. The molecule has 3 amide bonds. The van der Waals surface area contributed by atoms with Crippen LogP contribution in [0.3, 0.4) is 0 Å². The van der Waals surface area contributed by atoms with Crippen LogP contribution in [0.4, 0.5) is 0 Å². The molecule has 4 atom stereocenters. The molecule has 0 spiro atoms. The smallest absolute Gasteiger partial charge is 0.410 e. The molecule has 1 aromatic carbocycles. The molecule has 2 aromatic rings. The SMILES string of the molecule is CC(C)C[C@@H](NC(=O)[C@@H](Cc1ccccc1)NC(=O)c1cnccn1)B1OCCCN(CCCCCCCC(=O)NC(PO)P(=O)(O)O)CCCO1. The van der Waals surface area contributed by atoms with Crippen molar-refractivity contribution in [2.75, 3.05) is 32.8 Å². The van der Waals surface area contributed by atoms with Gasteiger partial charge in [0.1, 0.15) is 11.7 Å². The van der Waals surface area contributed by atoms with E-state index >= 15 is 0 Å². The van der Waals surface area contributed by atoms with Gasteiger partial charge in [0.25, 0.3) is 5.91 Å². The molecule has 1 saturated heterocycles. The zero-order valence-corrected chi connectivity index (χ0v) is 32.1. The lowest BCUT2D eigenvalue weighted by Gasteiger charge is -2.30. The Morgan fingerprint density at radius 3 is 2.25 bits per heavy atom. The number of hydrogen-bond donors (Lipinski definition) is 6. The van der Waals surface area contributed by atoms with Gasteiger partial charge in [-0.25, -0.2) is 4.98 Å². The first kappa shape index (κ1) is 43.6. The highest BCUT2D eigenvalue weighted by Crippen LogP contribution is 2.46. The summed E-state index contributed by atoms with van der Waals surface area (Å²) in [5.41, 5.74) is -0.505. The summed E-state index contributed by atoms with van der Waals surface area (Å²) in [6.45, 7) is 7.75. The molecular weight excluding hydrogens is 709 g/mol. The van der Waals surface area contributed by atoms with Crippen LogP contribution in [0.1, 0.15) is 87.7 Å². The molecule has 15 nitrogen and oxygen atoms in total. The minimum Gasteiger partial charge on any atom is -0.410 e. The number of aromatic nitrogens is 2. The molecule has 2 unspecified atom stereocenters. The Bertz CT molecular complexity index is 1380. The van der Waals surface area contributed by atoms with Crippen LogP contribution >= 0.6 is 16.4 Å². The first-order chi connectivity index (χ1) is 25.0. The summed E-state index contributed by atoms with van der Waals surface area (Å²) in [6, 6.07) is 8.65. The van der Waals surface area contributed by atoms with Crippen LogP contribution in [0.15, 0.2) is 48.9 Å². The Morgan fingerprint density at radius 1 is 0.962 bits per heavy atom. The number of nitrogens with zero attached hydrogens (tertiary/aromatic N) is 3. The quantitative estimate of drug-likeness (QED) is 0.0653. The van der Waals surface area contributed by atoms with E-state index in [-0.39, 0.29) is 23.9 Å². The molecule has 18 heteroatoms. The van der Waals surface area contributed by atoms with Gasteiger partial charge in [0.15, 0.2) is 5.52 Å². The van der Waals surface area contributed by atoms with Gasteiger partial charge in [-0.15, -0.1) is 0 Å². The van der Waals surface area contributed by atoms with E-state index in [1.54, 1.807) is 0 Å². The molecule has 0 radical (unpaired) electrons. The maximum Gasteiger partial charge on any atom is 0.480 e. The highest BCUT2D eigenvalue weighted by molar-refractivity contribution is 7.63. The minimum absolute atomic E-state index is 0.125. The monoisotopic (exact) mass is 764 g/mol. The van der Waals surface area contributed by atoms with Gasteiger partial charge in [-0.2, -0.15) is 0 Å². The Hall–Kier alpha value is -2.81. The lowest BCUT2D eigenvalue weighted by Crippen LogP contribution is -2.56. The van der Waals surface area contributed by atoms with Crippen LogP contribution < -0.4 is 16.0 Å². The molecule has 2 heterocycles. The summed E-state index contributed by atoms with van der Waals surface area (Å²) in [5, 5.41) is 8.21. The van der Waals surface area contributed by atoms with Crippen LogP contribution in [0.2, 0.25) is 0 Å². The summed E-state index contributed by atoms with van der Waals surface area (Å²) in [6.07, 6.45) is 11.3. The van der Waals surface area contributed by atoms with E-state index in [2.05, 4.69) is 44.7 Å². The van der Waals surface area contributed by atoms with Crippen LogP contribution in [-0.4, -0.2) is 105 Å². The van der Waals surface area contributed by atoms with Gasteiger partial charge in [0.2, 0.25) is 11.8 Å². The van der Waals surface area contributed by atoms with Gasteiger partial charge in [-0.3, -0.25) is 23.9 Å². The largest absolute Gasteiger partial charge is 0.480 e. The van der Waals surface area contributed by atoms with Crippen LogP contribution in [0.25, 0.3) is 0 Å². The van der Waals surface area contributed by atoms with Crippen molar-refractivity contribution >= 4 is 41.2 Å². The van der Waals surface area contributed by atoms with Crippen LogP contribution in [0.5, 0.6) is 0 Å². The Morgan fingerprint density at radius 2 is 1.63 bits per heavy atom. The molecule has 1 aromatic heterocycles. The second kappa shape index (κ2) is 23.8. The van der Waals surface area contributed by atoms with Crippen LogP contribution in [-0.2, 0) is 29.9 Å². The van der Waals surface area contributed by atoms with Crippen molar-refractivity contribution in [3.63, 3.8) is 0 Å². The zero-order valence-electron chi connectivity index (χ0n) is 30.2. The topological polar surface area (TPSA) is 213 Å². The third-order valence-electron chi connectivity index (χ3n) is 8.52. The summed E-state index contributed by atoms with van der Waals surface area (Å²) in [7, 11) is -6.27. The first-order valence-electron chi connectivity index (χ1n) is 18.1. The van der Waals surface area contributed by atoms with E-state index < -0.39 is 52.8 Å². The number of benzene rings is 1. The molecule has 0 saturated carbocycles. The first-order valence-corrected chi connectivity index (χ1v) is 20.8. The Kier molecular flexibility index (Phi) is 19.9. The second-order valence-corrected chi connectivity index (χ2v) is 16.4. The molecule has 1 aliphatic rings. The highest BCUT2D eigenvalue weighted by Gasteiger charge is 2.35. The fourth-order valence-corrected chi connectivity index (χ4v) is 7.03. The van der Waals surface area contributed by atoms with E-state index in [9.17, 15) is 18.9 Å². The van der Waals surface area contributed by atoms with Crippen molar-refractivity contribution in [1.29, 1.82) is 0 Å².